The van der Waals surface area contributed by atoms with Gasteiger partial charge in [-0.3, -0.25) is 9.20 Å². The molecule has 9 heteroatoms. The van der Waals surface area contributed by atoms with Gasteiger partial charge in [-0.05, 0) is 25.5 Å². The smallest absolute Gasteiger partial charge is 0.235 e. The van der Waals surface area contributed by atoms with E-state index in [1.807, 2.05) is 28.8 Å². The van der Waals surface area contributed by atoms with Gasteiger partial charge in [-0.1, -0.05) is 17.8 Å². The van der Waals surface area contributed by atoms with Crippen molar-refractivity contribution in [2.24, 2.45) is 0 Å². The van der Waals surface area contributed by atoms with Crippen molar-refractivity contribution in [2.75, 3.05) is 18.6 Å². The minimum atomic E-state index is -3.01. The maximum atomic E-state index is 12.6. The summed E-state index contributed by atoms with van der Waals surface area (Å²) in [4.78, 5) is 14.1. The highest BCUT2D eigenvalue weighted by Gasteiger charge is 2.34. The van der Waals surface area contributed by atoms with Crippen molar-refractivity contribution >= 4 is 33.2 Å². The maximum Gasteiger partial charge on any atom is 0.235 e. The number of sulfone groups is 1. The minimum Gasteiger partial charge on any atom is -0.341 e. The lowest BCUT2D eigenvalue weighted by Gasteiger charge is -2.26. The third kappa shape index (κ3) is 3.35. The van der Waals surface area contributed by atoms with Gasteiger partial charge >= 0.3 is 0 Å². The highest BCUT2D eigenvalue weighted by molar-refractivity contribution is 8.00. The quantitative estimate of drug-likeness (QED) is 0.757. The first-order valence-corrected chi connectivity index (χ1v) is 10.0. The molecular formula is C14H18N4O3S2. The number of hydrogen-bond donors (Lipinski definition) is 0. The summed E-state index contributed by atoms with van der Waals surface area (Å²) in [5, 5.41) is 8.45. The lowest BCUT2D eigenvalue weighted by Crippen LogP contribution is -2.41. The number of nitrogens with zero attached hydrogens (tertiary/aromatic N) is 4. The molecule has 0 saturated carbocycles. The lowest BCUT2D eigenvalue weighted by molar-refractivity contribution is -0.130. The van der Waals surface area contributed by atoms with Crippen LogP contribution in [0.3, 0.4) is 0 Å². The summed E-state index contributed by atoms with van der Waals surface area (Å²) < 4.78 is 25.0. The fourth-order valence-corrected chi connectivity index (χ4v) is 5.37. The molecule has 0 unspecified atom stereocenters. The van der Waals surface area contributed by atoms with Gasteiger partial charge in [-0.2, -0.15) is 0 Å². The van der Waals surface area contributed by atoms with Crippen molar-refractivity contribution in [3.63, 3.8) is 0 Å². The van der Waals surface area contributed by atoms with Crippen molar-refractivity contribution in [1.29, 1.82) is 0 Å². The third-order valence-electron chi connectivity index (χ3n) is 4.02. The standard InChI is InChI=1S/C14H18N4O3S2/c1-10(13(19)17(2)11-6-8-23(20,21)9-11)22-14-16-15-12-5-3-4-7-18(12)14/h3-5,7,10-11H,6,8-9H2,1-2H3/t10-,11-/m1/s1. The van der Waals surface area contributed by atoms with Gasteiger partial charge in [-0.25, -0.2) is 8.42 Å². The molecule has 0 bridgehead atoms. The van der Waals surface area contributed by atoms with Gasteiger partial charge in [-0.15, -0.1) is 10.2 Å². The fourth-order valence-electron chi connectivity index (χ4n) is 2.66. The summed E-state index contributed by atoms with van der Waals surface area (Å²) in [6.07, 6.45) is 2.36. The SMILES string of the molecule is C[C@@H](Sc1nnc2ccccn12)C(=O)N(C)[C@@H]1CCS(=O)(=O)C1. The molecule has 2 aromatic rings. The highest BCUT2D eigenvalue weighted by Crippen LogP contribution is 2.25. The zero-order valence-corrected chi connectivity index (χ0v) is 14.5. The van der Waals surface area contributed by atoms with Gasteiger partial charge in [0.1, 0.15) is 0 Å². The van der Waals surface area contributed by atoms with Crippen molar-refractivity contribution in [3.8, 4) is 0 Å². The van der Waals surface area contributed by atoms with E-state index in [9.17, 15) is 13.2 Å². The fraction of sp³-hybridized carbons (Fsp3) is 0.500. The Bertz CT molecular complexity index is 833. The second kappa shape index (κ2) is 6.12. The Morgan fingerprint density at radius 3 is 2.91 bits per heavy atom. The van der Waals surface area contributed by atoms with Crippen molar-refractivity contribution in [1.82, 2.24) is 19.5 Å². The Labute approximate surface area is 139 Å². The molecule has 0 aromatic carbocycles. The summed E-state index contributed by atoms with van der Waals surface area (Å²) in [6.45, 7) is 1.80. The van der Waals surface area contributed by atoms with E-state index in [1.165, 1.54) is 11.8 Å². The van der Waals surface area contributed by atoms with Crippen LogP contribution in [0.5, 0.6) is 0 Å². The first-order valence-electron chi connectivity index (χ1n) is 7.31. The summed E-state index contributed by atoms with van der Waals surface area (Å²) >= 11 is 1.32. The first kappa shape index (κ1) is 16.3. The Morgan fingerprint density at radius 1 is 1.43 bits per heavy atom. The average Bonchev–Trinajstić information content (AvgIpc) is 3.09. The third-order valence-corrected chi connectivity index (χ3v) is 6.81. The lowest BCUT2D eigenvalue weighted by atomic mass is 10.2. The van der Waals surface area contributed by atoms with Crippen molar-refractivity contribution in [3.05, 3.63) is 24.4 Å². The molecule has 1 fully saturated rings. The monoisotopic (exact) mass is 354 g/mol. The predicted octanol–water partition coefficient (Wildman–Crippen LogP) is 0.855. The molecule has 7 nitrogen and oxygen atoms in total. The number of pyridine rings is 1. The number of hydrogen-bond acceptors (Lipinski definition) is 6. The maximum absolute atomic E-state index is 12.6. The van der Waals surface area contributed by atoms with Gasteiger partial charge in [0, 0.05) is 19.3 Å². The molecule has 0 aliphatic carbocycles. The van der Waals surface area contributed by atoms with E-state index in [-0.39, 0.29) is 28.7 Å². The first-order chi connectivity index (χ1) is 10.9. The second-order valence-corrected chi connectivity index (χ2v) is 9.21. The van der Waals surface area contributed by atoms with Crippen LogP contribution >= 0.6 is 11.8 Å². The van der Waals surface area contributed by atoms with Crippen molar-refractivity contribution < 1.29 is 13.2 Å². The van der Waals surface area contributed by atoms with Crippen LogP contribution in [0, 0.1) is 0 Å². The molecular weight excluding hydrogens is 336 g/mol. The largest absolute Gasteiger partial charge is 0.341 e. The van der Waals surface area contributed by atoms with Gasteiger partial charge in [0.15, 0.2) is 20.6 Å². The van der Waals surface area contributed by atoms with Crippen molar-refractivity contribution in [2.45, 2.75) is 29.8 Å². The number of fused-ring (bicyclic) bond motifs is 1. The Morgan fingerprint density at radius 2 is 2.22 bits per heavy atom. The van der Waals surface area contributed by atoms with Crippen LogP contribution in [0.2, 0.25) is 0 Å². The topological polar surface area (TPSA) is 84.6 Å². The Hall–Kier alpha value is -1.61. The van der Waals surface area contributed by atoms with Crippen LogP contribution in [0.4, 0.5) is 0 Å². The number of amides is 1. The molecule has 1 amide bonds. The number of carbonyl (C=O) groups is 1. The van der Waals surface area contributed by atoms with E-state index in [2.05, 4.69) is 10.2 Å². The van der Waals surface area contributed by atoms with Gasteiger partial charge < -0.3 is 4.90 Å². The summed E-state index contributed by atoms with van der Waals surface area (Å²) in [5.74, 6) is 0.122. The Kier molecular flexibility index (Phi) is 4.33. The highest BCUT2D eigenvalue weighted by atomic mass is 32.2. The van der Waals surface area contributed by atoms with Crippen LogP contribution in [-0.2, 0) is 14.6 Å². The van der Waals surface area contributed by atoms with Gasteiger partial charge in [0.05, 0.1) is 16.8 Å². The minimum absolute atomic E-state index is 0.0560. The van der Waals surface area contributed by atoms with Crippen LogP contribution in [0.25, 0.3) is 5.65 Å². The molecule has 1 aliphatic heterocycles. The van der Waals surface area contributed by atoms with E-state index >= 15 is 0 Å². The van der Waals surface area contributed by atoms with E-state index in [0.29, 0.717) is 11.6 Å². The Balaban J connectivity index is 1.70. The van der Waals surface area contributed by atoms with Crippen LogP contribution in [0.15, 0.2) is 29.6 Å². The van der Waals surface area contributed by atoms with E-state index in [4.69, 9.17) is 0 Å². The summed E-state index contributed by atoms with van der Waals surface area (Å²) in [7, 11) is -1.33. The molecule has 2 aromatic heterocycles. The second-order valence-electron chi connectivity index (χ2n) is 5.68. The molecule has 3 rings (SSSR count). The molecule has 0 radical (unpaired) electrons. The number of thioether (sulfide) groups is 1. The van der Waals surface area contributed by atoms with Gasteiger partial charge in [0.2, 0.25) is 5.91 Å². The zero-order valence-electron chi connectivity index (χ0n) is 12.9. The molecule has 2 atom stereocenters. The zero-order chi connectivity index (χ0) is 16.6. The normalized spacial score (nSPS) is 21.4. The number of carbonyl (C=O) groups excluding carboxylic acids is 1. The molecule has 0 N–H and O–H groups in total. The van der Waals surface area contributed by atoms with Crippen LogP contribution in [0.1, 0.15) is 13.3 Å². The van der Waals surface area contributed by atoms with E-state index < -0.39 is 9.84 Å². The molecule has 3 heterocycles. The van der Waals surface area contributed by atoms with E-state index in [0.717, 1.165) is 5.65 Å². The molecule has 1 aliphatic rings. The molecule has 0 spiro atoms. The van der Waals surface area contributed by atoms with Crippen LogP contribution < -0.4 is 0 Å². The number of rotatable bonds is 4. The average molecular weight is 354 g/mol. The number of aromatic nitrogens is 3. The molecule has 124 valence electrons. The predicted molar refractivity (Wildman–Crippen MR) is 88.1 cm³/mol. The summed E-state index contributed by atoms with van der Waals surface area (Å²) in [6, 6.07) is 5.37. The molecule has 23 heavy (non-hydrogen) atoms. The molecule has 1 saturated heterocycles. The summed E-state index contributed by atoms with van der Waals surface area (Å²) in [5.41, 5.74) is 0.727. The van der Waals surface area contributed by atoms with Crippen LogP contribution in [-0.4, -0.2) is 63.7 Å². The van der Waals surface area contributed by atoms with Gasteiger partial charge in [0.25, 0.3) is 0 Å². The van der Waals surface area contributed by atoms with E-state index in [1.54, 1.807) is 18.9 Å².